The zero-order chi connectivity index (χ0) is 19.1. The van der Waals surface area contributed by atoms with E-state index in [9.17, 15) is 9.18 Å². The number of hydrogen-bond donors (Lipinski definition) is 2. The van der Waals surface area contributed by atoms with Gasteiger partial charge in [0.1, 0.15) is 5.82 Å². The van der Waals surface area contributed by atoms with Gasteiger partial charge in [0.05, 0.1) is 17.4 Å². The molecule has 1 heterocycles. The number of benzene rings is 1. The fourth-order valence-electron chi connectivity index (χ4n) is 2.53. The Morgan fingerprint density at radius 1 is 1.42 bits per heavy atom. The summed E-state index contributed by atoms with van der Waals surface area (Å²) in [4.78, 5) is 11.3. The van der Waals surface area contributed by atoms with Crippen molar-refractivity contribution in [1.29, 1.82) is 0 Å². The lowest BCUT2D eigenvalue weighted by atomic mass is 10.0. The third-order valence-electron chi connectivity index (χ3n) is 3.76. The van der Waals surface area contributed by atoms with Crippen LogP contribution in [-0.4, -0.2) is 15.8 Å². The number of hydrogen-bond acceptors (Lipinski definition) is 2. The first kappa shape index (κ1) is 19.2. The summed E-state index contributed by atoms with van der Waals surface area (Å²) in [5.74, 6) is -0.323. The first-order chi connectivity index (χ1) is 12.5. The van der Waals surface area contributed by atoms with Crippen LogP contribution in [-0.2, 0) is 0 Å². The average Bonchev–Trinajstić information content (AvgIpc) is 3.04. The Labute approximate surface area is 152 Å². The maximum atomic E-state index is 13.3. The quantitative estimate of drug-likeness (QED) is 0.723. The number of allylic oxidation sites excluding steroid dienone is 5. The summed E-state index contributed by atoms with van der Waals surface area (Å²) in [5, 5.41) is 7.31. The smallest absolute Gasteiger partial charge is 0.312 e. The van der Waals surface area contributed by atoms with Gasteiger partial charge < -0.3 is 11.1 Å². The van der Waals surface area contributed by atoms with Gasteiger partial charge in [0.15, 0.2) is 0 Å². The van der Waals surface area contributed by atoms with E-state index in [1.54, 1.807) is 22.9 Å². The Kier molecular flexibility index (Phi) is 6.49. The van der Waals surface area contributed by atoms with Crippen LogP contribution in [0.2, 0.25) is 0 Å². The molecular weight excluding hydrogens is 331 g/mol. The fourth-order valence-corrected chi connectivity index (χ4v) is 2.53. The van der Waals surface area contributed by atoms with Crippen LogP contribution in [0.4, 0.5) is 9.18 Å². The van der Waals surface area contributed by atoms with Crippen LogP contribution in [0.3, 0.4) is 0 Å². The van der Waals surface area contributed by atoms with E-state index in [-0.39, 0.29) is 11.9 Å². The van der Waals surface area contributed by atoms with Gasteiger partial charge in [0, 0.05) is 17.3 Å². The number of nitrogens with zero attached hydrogens (tertiary/aromatic N) is 2. The second-order valence-electron chi connectivity index (χ2n) is 5.75. The van der Waals surface area contributed by atoms with Crippen LogP contribution < -0.4 is 11.1 Å². The molecule has 0 saturated heterocycles. The van der Waals surface area contributed by atoms with E-state index in [4.69, 9.17) is 5.73 Å². The summed E-state index contributed by atoms with van der Waals surface area (Å²) in [6.07, 6.45) is 10.2. The topological polar surface area (TPSA) is 72.9 Å². The average molecular weight is 354 g/mol. The zero-order valence-electron chi connectivity index (χ0n) is 14.9. The molecule has 26 heavy (non-hydrogen) atoms. The number of carbonyl (C=O) groups is 1. The van der Waals surface area contributed by atoms with Gasteiger partial charge in [-0.2, -0.15) is 5.10 Å². The van der Waals surface area contributed by atoms with Crippen LogP contribution in [0, 0.1) is 5.82 Å². The molecule has 0 spiro atoms. The van der Waals surface area contributed by atoms with Crippen LogP contribution in [0.15, 0.2) is 61.3 Å². The lowest BCUT2D eigenvalue weighted by Gasteiger charge is -2.12. The maximum Gasteiger partial charge on any atom is 0.312 e. The molecule has 1 atom stereocenters. The van der Waals surface area contributed by atoms with E-state index < -0.39 is 6.03 Å². The van der Waals surface area contributed by atoms with Gasteiger partial charge in [0.25, 0.3) is 0 Å². The molecule has 0 aliphatic carbocycles. The van der Waals surface area contributed by atoms with E-state index in [2.05, 4.69) is 17.0 Å². The first-order valence-corrected chi connectivity index (χ1v) is 8.37. The molecule has 2 aromatic rings. The highest BCUT2D eigenvalue weighted by atomic mass is 19.1. The van der Waals surface area contributed by atoms with Crippen molar-refractivity contribution in [2.24, 2.45) is 5.73 Å². The Morgan fingerprint density at radius 3 is 2.69 bits per heavy atom. The predicted molar refractivity (Wildman–Crippen MR) is 103 cm³/mol. The molecule has 0 fully saturated rings. The molecule has 2 amide bonds. The number of nitrogens with one attached hydrogen (secondary N) is 1. The molecule has 6 heteroatoms. The molecule has 1 aromatic heterocycles. The highest BCUT2D eigenvalue weighted by molar-refractivity contribution is 5.73. The number of primary amides is 1. The zero-order valence-corrected chi connectivity index (χ0v) is 14.9. The summed E-state index contributed by atoms with van der Waals surface area (Å²) in [7, 11) is 0. The summed E-state index contributed by atoms with van der Waals surface area (Å²) >= 11 is 0. The molecule has 1 unspecified atom stereocenters. The van der Waals surface area contributed by atoms with Crippen molar-refractivity contribution in [3.8, 4) is 11.3 Å². The van der Waals surface area contributed by atoms with E-state index in [0.717, 1.165) is 23.2 Å². The van der Waals surface area contributed by atoms with Crippen molar-refractivity contribution < 1.29 is 9.18 Å². The molecule has 0 bridgehead atoms. The minimum Gasteiger partial charge on any atom is -0.352 e. The predicted octanol–water partition coefficient (Wildman–Crippen LogP) is 4.41. The van der Waals surface area contributed by atoms with Gasteiger partial charge in [-0.15, -0.1) is 0 Å². The minimum atomic E-state index is -0.622. The summed E-state index contributed by atoms with van der Waals surface area (Å²) in [6.45, 7) is 7.60. The number of amides is 2. The number of nitrogens with two attached hydrogens (primary N) is 1. The van der Waals surface area contributed by atoms with Gasteiger partial charge in [-0.3, -0.25) is 0 Å². The molecule has 0 aliphatic rings. The van der Waals surface area contributed by atoms with Crippen LogP contribution in [0.25, 0.3) is 17.0 Å². The lowest BCUT2D eigenvalue weighted by Crippen LogP contribution is -2.31. The monoisotopic (exact) mass is 354 g/mol. The molecule has 1 aromatic carbocycles. The Hall–Kier alpha value is -3.15. The standard InChI is InChI=1S/C20H23FN4O/c1-4-6-8-17(7-5-2)25-13-18(14(3)23-20(22)26)19(24-25)15-9-11-16(21)12-10-15/h5-14H,2,4H2,1,3H3,(H3,22,23,26)/b8-6-,17-7+. The van der Waals surface area contributed by atoms with Gasteiger partial charge in [-0.05, 0) is 49.8 Å². The highest BCUT2D eigenvalue weighted by Crippen LogP contribution is 2.28. The largest absolute Gasteiger partial charge is 0.352 e. The second kappa shape index (κ2) is 8.80. The summed E-state index contributed by atoms with van der Waals surface area (Å²) < 4.78 is 15.0. The number of rotatable bonds is 7. The van der Waals surface area contributed by atoms with Crippen molar-refractivity contribution in [1.82, 2.24) is 15.1 Å². The molecule has 0 radical (unpaired) electrons. The molecule has 136 valence electrons. The van der Waals surface area contributed by atoms with Crippen molar-refractivity contribution in [2.75, 3.05) is 0 Å². The summed E-state index contributed by atoms with van der Waals surface area (Å²) in [6, 6.07) is 5.08. The van der Waals surface area contributed by atoms with Gasteiger partial charge >= 0.3 is 6.03 Å². The molecule has 5 nitrogen and oxygen atoms in total. The lowest BCUT2D eigenvalue weighted by molar-refractivity contribution is 0.246. The van der Waals surface area contributed by atoms with Gasteiger partial charge in [0.2, 0.25) is 0 Å². The molecule has 3 N–H and O–H groups in total. The minimum absolute atomic E-state index is 0.323. The number of urea groups is 1. The van der Waals surface area contributed by atoms with Crippen molar-refractivity contribution in [3.63, 3.8) is 0 Å². The van der Waals surface area contributed by atoms with Crippen LogP contribution in [0.1, 0.15) is 31.9 Å². The first-order valence-electron chi connectivity index (χ1n) is 8.37. The van der Waals surface area contributed by atoms with Crippen molar-refractivity contribution >= 4 is 11.7 Å². The fraction of sp³-hybridized carbons (Fsp3) is 0.200. The van der Waals surface area contributed by atoms with Crippen LogP contribution >= 0.6 is 0 Å². The number of halogens is 1. The van der Waals surface area contributed by atoms with E-state index in [1.165, 1.54) is 12.1 Å². The van der Waals surface area contributed by atoms with E-state index >= 15 is 0 Å². The third kappa shape index (κ3) is 4.69. The molecule has 0 saturated carbocycles. The Morgan fingerprint density at radius 2 is 2.12 bits per heavy atom. The normalized spacial score (nSPS) is 13.0. The van der Waals surface area contributed by atoms with Crippen LogP contribution in [0.5, 0.6) is 0 Å². The van der Waals surface area contributed by atoms with E-state index in [1.807, 2.05) is 38.3 Å². The van der Waals surface area contributed by atoms with Crippen molar-refractivity contribution in [2.45, 2.75) is 26.3 Å². The number of carbonyl (C=O) groups excluding carboxylic acids is 1. The molecule has 0 aliphatic heterocycles. The summed E-state index contributed by atoms with van der Waals surface area (Å²) in [5.41, 5.74) is 8.24. The Balaban J connectivity index is 2.57. The molecular formula is C20H23FN4O. The second-order valence-corrected chi connectivity index (χ2v) is 5.75. The SMILES string of the molecule is C=C/C=C(\C=C/CC)n1cc(C(C)NC(N)=O)c(-c2ccc(F)cc2)n1. The third-order valence-corrected chi connectivity index (χ3v) is 3.76. The van der Waals surface area contributed by atoms with E-state index in [0.29, 0.717) is 5.69 Å². The highest BCUT2D eigenvalue weighted by Gasteiger charge is 2.18. The number of aromatic nitrogens is 2. The van der Waals surface area contributed by atoms with Gasteiger partial charge in [-0.25, -0.2) is 13.9 Å². The maximum absolute atomic E-state index is 13.3. The molecule has 2 rings (SSSR count). The Bertz CT molecular complexity index is 834. The van der Waals surface area contributed by atoms with Gasteiger partial charge in [-0.1, -0.05) is 25.7 Å². The van der Waals surface area contributed by atoms with Crippen molar-refractivity contribution in [3.05, 3.63) is 72.7 Å².